The minimum absolute atomic E-state index is 0.00726. The number of carboxylic acids is 1. The Balaban J connectivity index is 1.55. The summed E-state index contributed by atoms with van der Waals surface area (Å²) in [4.78, 5) is 32.2. The Morgan fingerprint density at radius 1 is 1.41 bits per heavy atom. The third-order valence-corrected chi connectivity index (χ3v) is 7.98. The van der Waals surface area contributed by atoms with Crippen LogP contribution < -0.4 is 10.6 Å². The second kappa shape index (κ2) is 9.64. The van der Waals surface area contributed by atoms with Crippen molar-refractivity contribution in [3.63, 3.8) is 0 Å². The molecule has 3 aliphatic rings. The molecule has 0 saturated carbocycles. The maximum absolute atomic E-state index is 13.2. The highest BCUT2D eigenvalue weighted by molar-refractivity contribution is 7.19. The summed E-state index contributed by atoms with van der Waals surface area (Å²) in [6, 6.07) is -0.173. The van der Waals surface area contributed by atoms with Gasteiger partial charge in [-0.1, -0.05) is 29.0 Å². The summed E-state index contributed by atoms with van der Waals surface area (Å²) in [5, 5.41) is 25.6. The van der Waals surface area contributed by atoms with Gasteiger partial charge in [0.1, 0.15) is 4.34 Å². The first-order chi connectivity index (χ1) is 15.3. The number of halogens is 1. The summed E-state index contributed by atoms with van der Waals surface area (Å²) in [5.74, 6) is -0.442. The first kappa shape index (κ1) is 23.4. The van der Waals surface area contributed by atoms with E-state index in [2.05, 4.69) is 21.7 Å². The molecular formula is C21H30ClN5O4S. The molecule has 2 saturated heterocycles. The van der Waals surface area contributed by atoms with Crippen molar-refractivity contribution >= 4 is 40.1 Å². The van der Waals surface area contributed by atoms with Gasteiger partial charge in [-0.15, -0.1) is 0 Å². The first-order valence-corrected chi connectivity index (χ1v) is 12.2. The minimum atomic E-state index is -0.763. The van der Waals surface area contributed by atoms with Crippen LogP contribution in [-0.2, 0) is 4.79 Å². The van der Waals surface area contributed by atoms with Gasteiger partial charge >= 0.3 is 12.0 Å². The number of aliphatic hydroxyl groups is 1. The van der Waals surface area contributed by atoms with E-state index in [-0.39, 0.29) is 23.9 Å². The Labute approximate surface area is 196 Å². The number of aliphatic carboxylic acids is 1. The highest BCUT2D eigenvalue weighted by Crippen LogP contribution is 2.51. The fraction of sp³-hybridized carbons (Fsp3) is 0.667. The van der Waals surface area contributed by atoms with Crippen LogP contribution in [0.1, 0.15) is 38.5 Å². The lowest BCUT2D eigenvalue weighted by Gasteiger charge is -2.32. The van der Waals surface area contributed by atoms with Gasteiger partial charge in [-0.2, -0.15) is 0 Å². The molecule has 2 fully saturated rings. The smallest absolute Gasteiger partial charge is 0.324 e. The van der Waals surface area contributed by atoms with E-state index in [1.807, 2.05) is 9.80 Å². The van der Waals surface area contributed by atoms with Gasteiger partial charge in [0, 0.05) is 31.5 Å². The van der Waals surface area contributed by atoms with E-state index >= 15 is 0 Å². The molecule has 0 radical (unpaired) electrons. The average molecular weight is 484 g/mol. The van der Waals surface area contributed by atoms with Crippen molar-refractivity contribution in [1.29, 1.82) is 0 Å². The number of nitrogens with one attached hydrogen (secondary N) is 2. The van der Waals surface area contributed by atoms with Gasteiger partial charge in [0.05, 0.1) is 12.2 Å². The molecule has 1 aromatic heterocycles. The van der Waals surface area contributed by atoms with Crippen molar-refractivity contribution in [2.24, 2.45) is 11.3 Å². The van der Waals surface area contributed by atoms with Crippen molar-refractivity contribution in [2.45, 2.75) is 50.9 Å². The number of aliphatic hydroxyl groups excluding tert-OH is 1. The van der Waals surface area contributed by atoms with E-state index in [4.69, 9.17) is 16.7 Å². The molecule has 3 heterocycles. The molecule has 11 heteroatoms. The van der Waals surface area contributed by atoms with Crippen LogP contribution in [0.4, 0.5) is 9.93 Å². The molecule has 1 aliphatic carbocycles. The molecule has 2 amide bonds. The minimum Gasteiger partial charge on any atom is -0.481 e. The number of rotatable bonds is 7. The predicted molar refractivity (Wildman–Crippen MR) is 123 cm³/mol. The van der Waals surface area contributed by atoms with Crippen molar-refractivity contribution in [3.8, 4) is 0 Å². The number of urea groups is 1. The molecule has 0 bridgehead atoms. The number of aromatic nitrogens is 1. The second-order valence-corrected chi connectivity index (χ2v) is 10.6. The van der Waals surface area contributed by atoms with Crippen LogP contribution in [0.5, 0.6) is 0 Å². The van der Waals surface area contributed by atoms with E-state index in [0.717, 1.165) is 32.2 Å². The van der Waals surface area contributed by atoms with Gasteiger partial charge in [-0.05, 0) is 50.6 Å². The topological polar surface area (TPSA) is 118 Å². The number of fused-ring (bicyclic) bond motifs is 2. The third kappa shape index (κ3) is 4.79. The molecule has 9 nitrogen and oxygen atoms in total. The lowest BCUT2D eigenvalue weighted by molar-refractivity contribution is -0.137. The number of carbonyl (C=O) groups is 2. The highest BCUT2D eigenvalue weighted by atomic mass is 35.5. The molecule has 4 rings (SSSR count). The number of likely N-dealkylation sites (tertiary alicyclic amines) is 2. The van der Waals surface area contributed by atoms with E-state index in [1.54, 1.807) is 7.05 Å². The van der Waals surface area contributed by atoms with Crippen LogP contribution in [0, 0.1) is 11.3 Å². The first-order valence-electron chi connectivity index (χ1n) is 11.0. The average Bonchev–Trinajstić information content (AvgIpc) is 3.46. The summed E-state index contributed by atoms with van der Waals surface area (Å²) in [6.07, 6.45) is 7.43. The van der Waals surface area contributed by atoms with E-state index < -0.39 is 12.3 Å². The molecule has 0 aromatic carbocycles. The molecule has 32 heavy (non-hydrogen) atoms. The summed E-state index contributed by atoms with van der Waals surface area (Å²) in [7, 11) is 1.73. The largest absolute Gasteiger partial charge is 0.481 e. The Bertz CT molecular complexity index is 895. The van der Waals surface area contributed by atoms with Gasteiger partial charge in [0.2, 0.25) is 0 Å². The van der Waals surface area contributed by atoms with Gasteiger partial charge in [-0.3, -0.25) is 20.3 Å². The van der Waals surface area contributed by atoms with Crippen molar-refractivity contribution in [1.82, 2.24) is 20.1 Å². The monoisotopic (exact) mass is 483 g/mol. The number of allylic oxidation sites excluding steroid dienone is 1. The number of anilines is 1. The molecule has 1 aromatic rings. The molecule has 176 valence electrons. The number of hydrogen-bond acceptors (Lipinski definition) is 7. The Kier molecular flexibility index (Phi) is 7.06. The van der Waals surface area contributed by atoms with Crippen LogP contribution >= 0.6 is 22.9 Å². The number of thiazole rings is 1. The fourth-order valence-corrected chi connectivity index (χ4v) is 6.25. The summed E-state index contributed by atoms with van der Waals surface area (Å²) < 4.78 is 0.521. The van der Waals surface area contributed by atoms with Crippen LogP contribution in [0.2, 0.25) is 4.34 Å². The van der Waals surface area contributed by atoms with Crippen molar-refractivity contribution in [3.05, 3.63) is 22.2 Å². The number of nitrogens with zero attached hydrogens (tertiary/aromatic N) is 3. The summed E-state index contributed by atoms with van der Waals surface area (Å²) >= 11 is 7.19. The molecule has 4 atom stereocenters. The third-order valence-electron chi connectivity index (χ3n) is 6.95. The quantitative estimate of drug-likeness (QED) is 0.348. The van der Waals surface area contributed by atoms with Crippen molar-refractivity contribution in [2.75, 3.05) is 32.0 Å². The number of amides is 2. The zero-order valence-corrected chi connectivity index (χ0v) is 19.7. The number of carbonyl (C=O) groups excluding carboxylic acids is 1. The number of carboxylic acid groups (broad SMARTS) is 1. The van der Waals surface area contributed by atoms with E-state index in [9.17, 15) is 14.7 Å². The predicted octanol–water partition coefficient (Wildman–Crippen LogP) is 2.79. The van der Waals surface area contributed by atoms with Gasteiger partial charge in [0.25, 0.3) is 0 Å². The lowest BCUT2D eigenvalue weighted by atomic mass is 9.73. The van der Waals surface area contributed by atoms with E-state index in [1.165, 1.54) is 23.1 Å². The van der Waals surface area contributed by atoms with Gasteiger partial charge in [0.15, 0.2) is 11.5 Å². The van der Waals surface area contributed by atoms with Crippen LogP contribution in [-0.4, -0.2) is 76.1 Å². The Morgan fingerprint density at radius 3 is 2.91 bits per heavy atom. The molecular weight excluding hydrogens is 454 g/mol. The molecule has 4 N–H and O–H groups in total. The Morgan fingerprint density at radius 2 is 2.22 bits per heavy atom. The summed E-state index contributed by atoms with van der Waals surface area (Å²) in [6.45, 7) is 2.00. The lowest BCUT2D eigenvalue weighted by Crippen LogP contribution is -2.44. The van der Waals surface area contributed by atoms with E-state index in [0.29, 0.717) is 34.9 Å². The molecule has 1 spiro atoms. The van der Waals surface area contributed by atoms with Crippen LogP contribution in [0.15, 0.2) is 17.8 Å². The molecule has 2 aliphatic heterocycles. The maximum atomic E-state index is 13.2. The Hall–Kier alpha value is -1.72. The van der Waals surface area contributed by atoms with Gasteiger partial charge < -0.3 is 15.1 Å². The fourth-order valence-electron chi connectivity index (χ4n) is 5.45. The van der Waals surface area contributed by atoms with Gasteiger partial charge in [-0.25, -0.2) is 9.78 Å². The molecule has 4 unspecified atom stereocenters. The second-order valence-electron chi connectivity index (χ2n) is 8.95. The SMILES string of the molecule is CNC(O)N1CCC2(C1)CN(C(=O)Nc1ncc(Cl)s1)C1CCC(CCCC(=O)O)C=C12. The summed E-state index contributed by atoms with van der Waals surface area (Å²) in [5.41, 5.74) is 1.06. The van der Waals surface area contributed by atoms with Crippen molar-refractivity contribution < 1.29 is 19.8 Å². The standard InChI is InChI=1S/C21H30ClN5O4S/c1-23-19(30)26-8-7-21(11-26)12-27(20(31)25-18-24-10-16(22)32-18)15-6-5-13(9-14(15)21)3-2-4-17(28)29/h9-10,13,15,19,23,30H,2-8,11-12H2,1H3,(H,28,29)(H,24,25,31). The zero-order valence-electron chi connectivity index (χ0n) is 18.1. The highest BCUT2D eigenvalue weighted by Gasteiger charge is 2.54. The number of hydrogen-bond donors (Lipinski definition) is 4. The zero-order chi connectivity index (χ0) is 22.9. The van der Waals surface area contributed by atoms with Crippen LogP contribution in [0.3, 0.4) is 0 Å². The normalized spacial score (nSPS) is 28.6. The van der Waals surface area contributed by atoms with Crippen LogP contribution in [0.25, 0.3) is 0 Å². The maximum Gasteiger partial charge on any atom is 0.324 e.